The average molecular weight is 319 g/mol. The molecule has 0 fully saturated rings. The Kier molecular flexibility index (Phi) is 4.87. The summed E-state index contributed by atoms with van der Waals surface area (Å²) in [5.74, 6) is -0.571. The minimum absolute atomic E-state index is 0.202. The van der Waals surface area contributed by atoms with Gasteiger partial charge in [0.1, 0.15) is 0 Å². The molecule has 3 N–H and O–H groups in total. The highest BCUT2D eigenvalue weighted by Gasteiger charge is 2.17. The van der Waals surface area contributed by atoms with E-state index in [2.05, 4.69) is 15.3 Å². The third kappa shape index (κ3) is 3.88. The molecule has 22 heavy (non-hydrogen) atoms. The number of hydrogen-bond donors (Lipinski definition) is 3. The summed E-state index contributed by atoms with van der Waals surface area (Å²) in [6.45, 7) is 5.62. The summed E-state index contributed by atoms with van der Waals surface area (Å²) < 4.78 is 0. The maximum Gasteiger partial charge on any atom is 0.255 e. The third-order valence-electron chi connectivity index (χ3n) is 3.23. The largest absolute Gasteiger partial charge is 0.493 e. The molecule has 0 saturated carbocycles. The Hall–Kier alpha value is -2.28. The molecule has 1 heterocycles. The molecule has 0 spiro atoms. The fraction of sp³-hybridized carbons (Fsp3) is 0.267. The van der Waals surface area contributed by atoms with E-state index in [0.29, 0.717) is 0 Å². The van der Waals surface area contributed by atoms with Crippen LogP contribution in [-0.2, 0) is 4.79 Å². The molecule has 0 aliphatic carbocycles. The standard InChI is InChI=1S/C15H17N3O3S/c1-8-5-4-6-11(9(8)2)16-14(21)10(3)22-15-17-12(19)7-13(20)18-15/h4-7,10H,1-3H3,(H,16,21)(H2,17,18,19,20). The number of aromatic nitrogens is 2. The van der Waals surface area contributed by atoms with Gasteiger partial charge in [0, 0.05) is 5.69 Å². The van der Waals surface area contributed by atoms with Gasteiger partial charge in [-0.05, 0) is 38.0 Å². The van der Waals surface area contributed by atoms with Crippen LogP contribution in [0.25, 0.3) is 0 Å². The van der Waals surface area contributed by atoms with Gasteiger partial charge in [-0.15, -0.1) is 0 Å². The van der Waals surface area contributed by atoms with E-state index in [1.54, 1.807) is 6.92 Å². The number of aromatic amines is 1. The van der Waals surface area contributed by atoms with Crippen molar-refractivity contribution in [1.29, 1.82) is 0 Å². The number of anilines is 1. The minimum Gasteiger partial charge on any atom is -0.493 e. The normalized spacial score (nSPS) is 12.0. The zero-order valence-electron chi connectivity index (χ0n) is 12.5. The number of hydrogen-bond acceptors (Lipinski definition) is 5. The van der Waals surface area contributed by atoms with Crippen LogP contribution in [0, 0.1) is 13.8 Å². The summed E-state index contributed by atoms with van der Waals surface area (Å²) in [4.78, 5) is 29.8. The van der Waals surface area contributed by atoms with Gasteiger partial charge in [0.15, 0.2) is 5.16 Å². The van der Waals surface area contributed by atoms with Gasteiger partial charge < -0.3 is 15.4 Å². The van der Waals surface area contributed by atoms with E-state index in [1.807, 2.05) is 32.0 Å². The van der Waals surface area contributed by atoms with Crippen molar-refractivity contribution >= 4 is 23.4 Å². The summed E-state index contributed by atoms with van der Waals surface area (Å²) in [7, 11) is 0. The lowest BCUT2D eigenvalue weighted by Crippen LogP contribution is -2.23. The SMILES string of the molecule is Cc1cccc(NC(=O)C(C)Sc2nc(O)cc(=O)[nH]2)c1C. The first-order chi connectivity index (χ1) is 10.4. The fourth-order valence-electron chi connectivity index (χ4n) is 1.82. The molecule has 1 atom stereocenters. The number of H-pyrrole nitrogens is 1. The molecule has 1 aromatic carbocycles. The molecular weight excluding hydrogens is 302 g/mol. The lowest BCUT2D eigenvalue weighted by Gasteiger charge is -2.14. The summed E-state index contributed by atoms with van der Waals surface area (Å²) in [6, 6.07) is 6.67. The van der Waals surface area contributed by atoms with Crippen molar-refractivity contribution in [3.8, 4) is 5.88 Å². The van der Waals surface area contributed by atoms with Crippen molar-refractivity contribution in [2.75, 3.05) is 5.32 Å². The van der Waals surface area contributed by atoms with Crippen molar-refractivity contribution < 1.29 is 9.90 Å². The Labute approximate surface area is 132 Å². The molecule has 116 valence electrons. The van der Waals surface area contributed by atoms with Crippen LogP contribution < -0.4 is 10.9 Å². The molecule has 1 aromatic heterocycles. The first-order valence-corrected chi connectivity index (χ1v) is 7.59. The van der Waals surface area contributed by atoms with Crippen LogP contribution in [0.3, 0.4) is 0 Å². The number of nitrogens with one attached hydrogen (secondary N) is 2. The van der Waals surface area contributed by atoms with Gasteiger partial charge in [-0.25, -0.2) is 0 Å². The Morgan fingerprint density at radius 2 is 2.14 bits per heavy atom. The Morgan fingerprint density at radius 1 is 1.41 bits per heavy atom. The molecular formula is C15H17N3O3S. The first kappa shape index (κ1) is 16.1. The van der Waals surface area contributed by atoms with E-state index < -0.39 is 10.8 Å². The molecule has 1 amide bonds. The molecule has 7 heteroatoms. The zero-order valence-corrected chi connectivity index (χ0v) is 13.3. The number of thioether (sulfide) groups is 1. The maximum atomic E-state index is 12.2. The average Bonchev–Trinajstić information content (AvgIpc) is 2.42. The van der Waals surface area contributed by atoms with Crippen molar-refractivity contribution in [3.05, 3.63) is 45.7 Å². The monoisotopic (exact) mass is 319 g/mol. The number of benzene rings is 1. The second kappa shape index (κ2) is 6.65. The van der Waals surface area contributed by atoms with Gasteiger partial charge in [0.2, 0.25) is 11.8 Å². The van der Waals surface area contributed by atoms with Crippen LogP contribution in [0.15, 0.2) is 34.2 Å². The summed E-state index contributed by atoms with van der Waals surface area (Å²) in [5.41, 5.74) is 2.40. The number of amides is 1. The van der Waals surface area contributed by atoms with Crippen LogP contribution in [0.5, 0.6) is 5.88 Å². The van der Waals surface area contributed by atoms with E-state index in [1.165, 1.54) is 0 Å². The molecule has 0 radical (unpaired) electrons. The van der Waals surface area contributed by atoms with Gasteiger partial charge in [0.05, 0.1) is 11.3 Å². The fourth-order valence-corrected chi connectivity index (χ4v) is 2.63. The van der Waals surface area contributed by atoms with E-state index >= 15 is 0 Å². The molecule has 0 bridgehead atoms. The number of nitrogens with zero attached hydrogens (tertiary/aromatic N) is 1. The quantitative estimate of drug-likeness (QED) is 0.593. The Bertz CT molecular complexity index is 758. The lowest BCUT2D eigenvalue weighted by atomic mass is 10.1. The van der Waals surface area contributed by atoms with Gasteiger partial charge in [-0.1, -0.05) is 23.9 Å². The molecule has 2 aromatic rings. The van der Waals surface area contributed by atoms with E-state index in [4.69, 9.17) is 0 Å². The molecule has 0 aliphatic heterocycles. The summed E-state index contributed by atoms with van der Waals surface area (Å²) in [5, 5.41) is 11.9. The third-order valence-corrected chi connectivity index (χ3v) is 4.21. The second-order valence-corrected chi connectivity index (χ2v) is 6.24. The zero-order chi connectivity index (χ0) is 16.3. The Balaban J connectivity index is 2.09. The number of rotatable bonds is 4. The van der Waals surface area contributed by atoms with Crippen molar-refractivity contribution in [3.63, 3.8) is 0 Å². The van der Waals surface area contributed by atoms with Gasteiger partial charge in [-0.3, -0.25) is 9.59 Å². The van der Waals surface area contributed by atoms with Gasteiger partial charge >= 0.3 is 0 Å². The highest BCUT2D eigenvalue weighted by Crippen LogP contribution is 2.23. The number of aromatic hydroxyl groups is 1. The van der Waals surface area contributed by atoms with E-state index in [9.17, 15) is 14.7 Å². The summed E-state index contributed by atoms with van der Waals surface area (Å²) in [6.07, 6.45) is 0. The summed E-state index contributed by atoms with van der Waals surface area (Å²) >= 11 is 1.07. The van der Waals surface area contributed by atoms with E-state index in [-0.39, 0.29) is 16.9 Å². The van der Waals surface area contributed by atoms with Crippen molar-refractivity contribution in [1.82, 2.24) is 9.97 Å². The predicted octanol–water partition coefficient (Wildman–Crippen LogP) is 2.21. The van der Waals surface area contributed by atoms with Gasteiger partial charge in [0.25, 0.3) is 5.56 Å². The predicted molar refractivity (Wildman–Crippen MR) is 86.4 cm³/mol. The molecule has 2 rings (SSSR count). The highest BCUT2D eigenvalue weighted by molar-refractivity contribution is 8.00. The minimum atomic E-state index is -0.482. The molecule has 0 aliphatic rings. The number of carbonyl (C=O) groups excluding carboxylic acids is 1. The van der Waals surface area contributed by atoms with E-state index in [0.717, 1.165) is 34.6 Å². The highest BCUT2D eigenvalue weighted by atomic mass is 32.2. The smallest absolute Gasteiger partial charge is 0.255 e. The molecule has 6 nitrogen and oxygen atoms in total. The molecule has 1 unspecified atom stereocenters. The van der Waals surface area contributed by atoms with Gasteiger partial charge in [-0.2, -0.15) is 4.98 Å². The second-order valence-electron chi connectivity index (χ2n) is 4.91. The van der Waals surface area contributed by atoms with Crippen LogP contribution in [0.2, 0.25) is 0 Å². The number of carbonyl (C=O) groups is 1. The van der Waals surface area contributed by atoms with Crippen molar-refractivity contribution in [2.24, 2.45) is 0 Å². The maximum absolute atomic E-state index is 12.2. The number of aryl methyl sites for hydroxylation is 1. The van der Waals surface area contributed by atoms with Crippen LogP contribution in [0.1, 0.15) is 18.1 Å². The van der Waals surface area contributed by atoms with Crippen molar-refractivity contribution in [2.45, 2.75) is 31.2 Å². The Morgan fingerprint density at radius 3 is 2.82 bits per heavy atom. The lowest BCUT2D eigenvalue weighted by molar-refractivity contribution is -0.115. The van der Waals surface area contributed by atoms with Crippen LogP contribution >= 0.6 is 11.8 Å². The van der Waals surface area contributed by atoms with Crippen LogP contribution in [-0.4, -0.2) is 26.2 Å². The topological polar surface area (TPSA) is 95.1 Å². The van der Waals surface area contributed by atoms with Crippen LogP contribution in [0.4, 0.5) is 5.69 Å². The molecule has 0 saturated heterocycles. The first-order valence-electron chi connectivity index (χ1n) is 6.71.